The molecule has 0 bridgehead atoms. The Labute approximate surface area is 135 Å². The number of halogens is 3. The van der Waals surface area contributed by atoms with Gasteiger partial charge in [-0.15, -0.1) is 0 Å². The van der Waals surface area contributed by atoms with E-state index in [2.05, 4.69) is 4.98 Å². The first-order chi connectivity index (χ1) is 11.5. The zero-order valence-electron chi connectivity index (χ0n) is 12.3. The minimum Gasteiger partial charge on any atom is -0.486 e. The van der Waals surface area contributed by atoms with Crippen LogP contribution < -0.4 is 9.47 Å². The second-order valence-corrected chi connectivity index (χ2v) is 5.00. The Morgan fingerprint density at radius 1 is 1.12 bits per heavy atom. The van der Waals surface area contributed by atoms with Crippen molar-refractivity contribution in [1.29, 1.82) is 5.26 Å². The molecule has 0 radical (unpaired) electrons. The van der Waals surface area contributed by atoms with E-state index in [1.54, 1.807) is 18.2 Å². The molecule has 1 aliphatic heterocycles. The van der Waals surface area contributed by atoms with Gasteiger partial charge in [0.15, 0.2) is 11.5 Å². The molecule has 7 heteroatoms. The standard InChI is InChI=1S/C17H11F3N2O2/c18-17(19,20)13-2-3-14(22-10-13)12(9-21)7-11-1-4-15-16(8-11)24-6-5-23-15/h1-4,7-8,10H,5-6H2/b12-7+. The first-order valence-corrected chi connectivity index (χ1v) is 7.02. The number of rotatable bonds is 2. The van der Waals surface area contributed by atoms with E-state index in [1.807, 2.05) is 6.07 Å². The molecule has 0 aliphatic carbocycles. The summed E-state index contributed by atoms with van der Waals surface area (Å²) in [6, 6.07) is 9.18. The maximum absolute atomic E-state index is 12.6. The topological polar surface area (TPSA) is 55.1 Å². The second-order valence-electron chi connectivity index (χ2n) is 5.00. The first kappa shape index (κ1) is 15.9. The number of fused-ring (bicyclic) bond motifs is 1. The minimum atomic E-state index is -4.46. The maximum atomic E-state index is 12.6. The number of pyridine rings is 1. The number of aromatic nitrogens is 1. The number of hydrogen-bond acceptors (Lipinski definition) is 4. The molecule has 4 nitrogen and oxygen atoms in total. The van der Waals surface area contributed by atoms with Crippen LogP contribution in [0.1, 0.15) is 16.8 Å². The van der Waals surface area contributed by atoms with Crippen LogP contribution in [0.2, 0.25) is 0 Å². The van der Waals surface area contributed by atoms with Crippen molar-refractivity contribution >= 4 is 11.6 Å². The molecule has 0 saturated carbocycles. The van der Waals surface area contributed by atoms with E-state index in [1.165, 1.54) is 12.1 Å². The molecule has 1 aliphatic rings. The number of hydrogen-bond donors (Lipinski definition) is 0. The summed E-state index contributed by atoms with van der Waals surface area (Å²) < 4.78 is 48.6. The SMILES string of the molecule is N#C/C(=C\c1ccc2c(c1)OCCO2)c1ccc(C(F)(F)F)cn1. The van der Waals surface area contributed by atoms with Gasteiger partial charge in [-0.2, -0.15) is 18.4 Å². The summed E-state index contributed by atoms with van der Waals surface area (Å²) in [6.07, 6.45) is -2.21. The molecular formula is C17H11F3N2O2. The lowest BCUT2D eigenvalue weighted by molar-refractivity contribution is -0.137. The highest BCUT2D eigenvalue weighted by Crippen LogP contribution is 2.32. The van der Waals surface area contributed by atoms with Gasteiger partial charge in [-0.1, -0.05) is 6.07 Å². The number of alkyl halides is 3. The molecule has 24 heavy (non-hydrogen) atoms. The van der Waals surface area contributed by atoms with E-state index >= 15 is 0 Å². The zero-order valence-corrected chi connectivity index (χ0v) is 12.3. The fourth-order valence-electron chi connectivity index (χ4n) is 2.20. The first-order valence-electron chi connectivity index (χ1n) is 7.02. The van der Waals surface area contributed by atoms with Gasteiger partial charge >= 0.3 is 6.18 Å². The average Bonchev–Trinajstić information content (AvgIpc) is 2.59. The van der Waals surface area contributed by atoms with E-state index in [9.17, 15) is 18.4 Å². The summed E-state index contributed by atoms with van der Waals surface area (Å²) in [5, 5.41) is 9.27. The summed E-state index contributed by atoms with van der Waals surface area (Å²) >= 11 is 0. The van der Waals surface area contributed by atoms with Crippen LogP contribution in [0.5, 0.6) is 11.5 Å². The van der Waals surface area contributed by atoms with E-state index in [-0.39, 0.29) is 11.3 Å². The Kier molecular flexibility index (Phi) is 4.13. The highest BCUT2D eigenvalue weighted by Gasteiger charge is 2.30. The minimum absolute atomic E-state index is 0.153. The number of nitrogens with zero attached hydrogens (tertiary/aromatic N) is 2. The predicted octanol–water partition coefficient (Wildman–Crippen LogP) is 3.94. The molecule has 1 aromatic carbocycles. The van der Waals surface area contributed by atoms with Gasteiger partial charge in [0.2, 0.25) is 0 Å². The van der Waals surface area contributed by atoms with Crippen molar-refractivity contribution in [1.82, 2.24) is 4.98 Å². The molecule has 0 saturated heterocycles. The molecular weight excluding hydrogens is 321 g/mol. The van der Waals surface area contributed by atoms with Crippen molar-refractivity contribution in [2.24, 2.45) is 0 Å². The lowest BCUT2D eigenvalue weighted by Crippen LogP contribution is -2.15. The van der Waals surface area contributed by atoms with Crippen LogP contribution in [0.4, 0.5) is 13.2 Å². The van der Waals surface area contributed by atoms with Crippen molar-refractivity contribution < 1.29 is 22.6 Å². The summed E-state index contributed by atoms with van der Waals surface area (Å²) in [5.41, 5.74) is 0.126. The normalized spacial score (nSPS) is 14.2. The Morgan fingerprint density at radius 2 is 1.88 bits per heavy atom. The summed E-state index contributed by atoms with van der Waals surface area (Å²) in [7, 11) is 0. The van der Waals surface area contributed by atoms with Crippen LogP contribution in [0.3, 0.4) is 0 Å². The van der Waals surface area contributed by atoms with Gasteiger partial charge in [-0.05, 0) is 35.9 Å². The number of nitriles is 1. The molecule has 1 aromatic heterocycles. The molecule has 0 amide bonds. The summed E-state index contributed by atoms with van der Waals surface area (Å²) in [6.45, 7) is 0.910. The van der Waals surface area contributed by atoms with Crippen molar-refractivity contribution in [3.63, 3.8) is 0 Å². The van der Waals surface area contributed by atoms with Gasteiger partial charge in [0.05, 0.1) is 16.8 Å². The lowest BCUT2D eigenvalue weighted by atomic mass is 10.1. The van der Waals surface area contributed by atoms with Gasteiger partial charge < -0.3 is 9.47 Å². The fraction of sp³-hybridized carbons (Fsp3) is 0.176. The molecule has 0 atom stereocenters. The zero-order chi connectivity index (χ0) is 17.2. The molecule has 122 valence electrons. The van der Waals surface area contributed by atoms with Gasteiger partial charge in [-0.3, -0.25) is 4.98 Å². The predicted molar refractivity (Wildman–Crippen MR) is 80.2 cm³/mol. The Balaban J connectivity index is 1.91. The van der Waals surface area contributed by atoms with E-state index < -0.39 is 11.7 Å². The smallest absolute Gasteiger partial charge is 0.417 e. The van der Waals surface area contributed by atoms with Gasteiger partial charge in [0.1, 0.15) is 19.3 Å². The molecule has 2 aromatic rings. The lowest BCUT2D eigenvalue weighted by Gasteiger charge is -2.18. The van der Waals surface area contributed by atoms with E-state index in [0.717, 1.165) is 6.07 Å². The van der Waals surface area contributed by atoms with Crippen molar-refractivity contribution in [2.45, 2.75) is 6.18 Å². The van der Waals surface area contributed by atoms with Crippen molar-refractivity contribution in [3.05, 3.63) is 53.3 Å². The second kappa shape index (κ2) is 6.24. The summed E-state index contributed by atoms with van der Waals surface area (Å²) in [5.74, 6) is 1.18. The van der Waals surface area contributed by atoms with E-state index in [4.69, 9.17) is 9.47 Å². The van der Waals surface area contributed by atoms with Crippen LogP contribution in [0.15, 0.2) is 36.5 Å². The molecule has 2 heterocycles. The van der Waals surface area contributed by atoms with Crippen LogP contribution >= 0.6 is 0 Å². The Bertz CT molecular complexity index is 821. The quantitative estimate of drug-likeness (QED) is 0.782. The molecule has 0 fully saturated rings. The highest BCUT2D eigenvalue weighted by atomic mass is 19.4. The Morgan fingerprint density at radius 3 is 2.50 bits per heavy atom. The molecule has 0 spiro atoms. The number of ether oxygens (including phenoxy) is 2. The van der Waals surface area contributed by atoms with E-state index in [0.29, 0.717) is 36.5 Å². The molecule has 0 unspecified atom stereocenters. The van der Waals surface area contributed by atoms with Crippen LogP contribution in [0.25, 0.3) is 11.6 Å². The number of allylic oxidation sites excluding steroid dienone is 1. The third-order valence-corrected chi connectivity index (χ3v) is 3.36. The molecule has 0 N–H and O–H groups in total. The van der Waals surface area contributed by atoms with Crippen LogP contribution in [0, 0.1) is 11.3 Å². The highest BCUT2D eigenvalue weighted by molar-refractivity contribution is 5.88. The van der Waals surface area contributed by atoms with Gasteiger partial charge in [0, 0.05) is 6.20 Å². The Hall–Kier alpha value is -3.01. The average molecular weight is 332 g/mol. The van der Waals surface area contributed by atoms with Crippen LogP contribution in [-0.2, 0) is 6.18 Å². The fourth-order valence-corrected chi connectivity index (χ4v) is 2.20. The largest absolute Gasteiger partial charge is 0.486 e. The molecule has 3 rings (SSSR count). The maximum Gasteiger partial charge on any atom is 0.417 e. The van der Waals surface area contributed by atoms with Gasteiger partial charge in [-0.25, -0.2) is 0 Å². The number of benzene rings is 1. The van der Waals surface area contributed by atoms with Crippen molar-refractivity contribution in [2.75, 3.05) is 13.2 Å². The summed E-state index contributed by atoms with van der Waals surface area (Å²) in [4.78, 5) is 3.73. The van der Waals surface area contributed by atoms with Gasteiger partial charge in [0.25, 0.3) is 0 Å². The third kappa shape index (κ3) is 3.33. The monoisotopic (exact) mass is 332 g/mol. The van der Waals surface area contributed by atoms with Crippen molar-refractivity contribution in [3.8, 4) is 17.6 Å². The van der Waals surface area contributed by atoms with Crippen LogP contribution in [-0.4, -0.2) is 18.2 Å². The third-order valence-electron chi connectivity index (χ3n) is 3.36.